The number of rotatable bonds is 7. The zero-order chi connectivity index (χ0) is 14.3. The molecular weight excluding hydrogens is 242 g/mol. The lowest BCUT2D eigenvalue weighted by atomic mass is 10.1. The first-order valence-electron chi connectivity index (χ1n) is 6.64. The Morgan fingerprint density at radius 3 is 2.32 bits per heavy atom. The second-order valence-electron chi connectivity index (χ2n) is 4.45. The van der Waals surface area contributed by atoms with Crippen LogP contribution >= 0.6 is 0 Å². The summed E-state index contributed by atoms with van der Waals surface area (Å²) in [6, 6.07) is 5.80. The Hall–Kier alpha value is -1.71. The Morgan fingerprint density at radius 1 is 1.16 bits per heavy atom. The third kappa shape index (κ3) is 4.47. The molecule has 1 amide bonds. The van der Waals surface area contributed by atoms with Crippen LogP contribution in [-0.4, -0.2) is 26.2 Å². The molecule has 0 fully saturated rings. The summed E-state index contributed by atoms with van der Waals surface area (Å²) in [5.41, 5.74) is 0.918. The molecule has 1 aromatic rings. The zero-order valence-corrected chi connectivity index (χ0v) is 12.2. The molecule has 0 radical (unpaired) electrons. The van der Waals surface area contributed by atoms with Crippen molar-refractivity contribution in [2.75, 3.05) is 14.2 Å². The van der Waals surface area contributed by atoms with E-state index < -0.39 is 0 Å². The SMILES string of the molecule is CCC(CC)NC(=O)Cc1ccc(OC)c(OC)c1. The highest BCUT2D eigenvalue weighted by Gasteiger charge is 2.11. The highest BCUT2D eigenvalue weighted by Crippen LogP contribution is 2.27. The van der Waals surface area contributed by atoms with Crippen LogP contribution in [0, 0.1) is 0 Å². The van der Waals surface area contributed by atoms with E-state index in [9.17, 15) is 4.79 Å². The zero-order valence-electron chi connectivity index (χ0n) is 12.2. The molecule has 0 spiro atoms. The maximum Gasteiger partial charge on any atom is 0.224 e. The average molecular weight is 265 g/mol. The van der Waals surface area contributed by atoms with E-state index in [0.29, 0.717) is 17.9 Å². The molecule has 4 nitrogen and oxygen atoms in total. The van der Waals surface area contributed by atoms with Crippen molar-refractivity contribution in [3.63, 3.8) is 0 Å². The van der Waals surface area contributed by atoms with Crippen molar-refractivity contribution in [2.24, 2.45) is 0 Å². The first kappa shape index (κ1) is 15.3. The lowest BCUT2D eigenvalue weighted by molar-refractivity contribution is -0.121. The minimum atomic E-state index is 0.0425. The summed E-state index contributed by atoms with van der Waals surface area (Å²) in [5, 5.41) is 3.02. The van der Waals surface area contributed by atoms with E-state index in [1.807, 2.05) is 18.2 Å². The topological polar surface area (TPSA) is 47.6 Å². The molecule has 4 heteroatoms. The maximum atomic E-state index is 11.9. The van der Waals surface area contributed by atoms with Crippen LogP contribution in [0.1, 0.15) is 32.3 Å². The number of nitrogens with one attached hydrogen (secondary N) is 1. The molecule has 0 heterocycles. The molecule has 0 unspecified atom stereocenters. The van der Waals surface area contributed by atoms with Crippen molar-refractivity contribution in [1.82, 2.24) is 5.32 Å². The normalized spacial score (nSPS) is 10.4. The maximum absolute atomic E-state index is 11.9. The molecule has 0 aromatic heterocycles. The van der Waals surface area contributed by atoms with Gasteiger partial charge in [0.2, 0.25) is 5.91 Å². The number of hydrogen-bond acceptors (Lipinski definition) is 3. The van der Waals surface area contributed by atoms with Gasteiger partial charge in [0.1, 0.15) is 0 Å². The van der Waals surface area contributed by atoms with Crippen LogP contribution in [0.2, 0.25) is 0 Å². The highest BCUT2D eigenvalue weighted by molar-refractivity contribution is 5.79. The van der Waals surface area contributed by atoms with Crippen LogP contribution in [0.15, 0.2) is 18.2 Å². The van der Waals surface area contributed by atoms with E-state index >= 15 is 0 Å². The minimum absolute atomic E-state index is 0.0425. The summed E-state index contributed by atoms with van der Waals surface area (Å²) in [5.74, 6) is 1.36. The first-order valence-corrected chi connectivity index (χ1v) is 6.64. The molecule has 1 aromatic carbocycles. The Labute approximate surface area is 115 Å². The number of hydrogen-bond donors (Lipinski definition) is 1. The van der Waals surface area contributed by atoms with Crippen molar-refractivity contribution >= 4 is 5.91 Å². The molecule has 0 saturated heterocycles. The van der Waals surface area contributed by atoms with Gasteiger partial charge in [-0.1, -0.05) is 19.9 Å². The van der Waals surface area contributed by atoms with Gasteiger partial charge in [-0.05, 0) is 30.5 Å². The van der Waals surface area contributed by atoms with E-state index in [0.717, 1.165) is 18.4 Å². The number of methoxy groups -OCH3 is 2. The van der Waals surface area contributed by atoms with Gasteiger partial charge < -0.3 is 14.8 Å². The molecule has 1 rings (SSSR count). The monoisotopic (exact) mass is 265 g/mol. The van der Waals surface area contributed by atoms with E-state index in [-0.39, 0.29) is 11.9 Å². The number of benzene rings is 1. The van der Waals surface area contributed by atoms with Gasteiger partial charge in [-0.2, -0.15) is 0 Å². The van der Waals surface area contributed by atoms with Crippen LogP contribution in [0.4, 0.5) is 0 Å². The fraction of sp³-hybridized carbons (Fsp3) is 0.533. The summed E-state index contributed by atoms with van der Waals surface area (Å²) in [7, 11) is 3.18. The van der Waals surface area contributed by atoms with Crippen molar-refractivity contribution < 1.29 is 14.3 Å². The largest absolute Gasteiger partial charge is 0.493 e. The molecule has 0 saturated carbocycles. The van der Waals surface area contributed by atoms with Crippen LogP contribution in [0.25, 0.3) is 0 Å². The highest BCUT2D eigenvalue weighted by atomic mass is 16.5. The van der Waals surface area contributed by atoms with Crippen molar-refractivity contribution in [1.29, 1.82) is 0 Å². The molecule has 106 valence electrons. The number of amides is 1. The minimum Gasteiger partial charge on any atom is -0.493 e. The van der Waals surface area contributed by atoms with E-state index in [4.69, 9.17) is 9.47 Å². The van der Waals surface area contributed by atoms with Gasteiger partial charge in [0.05, 0.1) is 20.6 Å². The van der Waals surface area contributed by atoms with Crippen molar-refractivity contribution in [2.45, 2.75) is 39.2 Å². The molecule has 0 aliphatic heterocycles. The van der Waals surface area contributed by atoms with Crippen LogP contribution in [0.5, 0.6) is 11.5 Å². The quantitative estimate of drug-likeness (QED) is 0.824. The second-order valence-corrected chi connectivity index (χ2v) is 4.45. The number of carbonyl (C=O) groups excluding carboxylic acids is 1. The molecule has 0 aliphatic rings. The fourth-order valence-electron chi connectivity index (χ4n) is 1.95. The predicted octanol–water partition coefficient (Wildman–Crippen LogP) is 2.55. The summed E-state index contributed by atoms with van der Waals surface area (Å²) in [6.07, 6.45) is 2.26. The summed E-state index contributed by atoms with van der Waals surface area (Å²) in [6.45, 7) is 4.15. The van der Waals surface area contributed by atoms with Gasteiger partial charge in [-0.3, -0.25) is 4.79 Å². The molecule has 19 heavy (non-hydrogen) atoms. The van der Waals surface area contributed by atoms with Crippen molar-refractivity contribution in [3.05, 3.63) is 23.8 Å². The molecule has 0 atom stereocenters. The second kappa shape index (κ2) is 7.67. The van der Waals surface area contributed by atoms with E-state index in [1.165, 1.54) is 0 Å². The number of ether oxygens (including phenoxy) is 2. The third-order valence-corrected chi connectivity index (χ3v) is 3.16. The lowest BCUT2D eigenvalue weighted by Crippen LogP contribution is -2.34. The lowest BCUT2D eigenvalue weighted by Gasteiger charge is -2.15. The smallest absolute Gasteiger partial charge is 0.224 e. The summed E-state index contributed by atoms with van der Waals surface area (Å²) in [4.78, 5) is 11.9. The van der Waals surface area contributed by atoms with Gasteiger partial charge in [0.15, 0.2) is 11.5 Å². The Balaban J connectivity index is 2.69. The summed E-state index contributed by atoms with van der Waals surface area (Å²) < 4.78 is 10.4. The van der Waals surface area contributed by atoms with Gasteiger partial charge in [0.25, 0.3) is 0 Å². The predicted molar refractivity (Wildman–Crippen MR) is 75.8 cm³/mol. The molecule has 0 bridgehead atoms. The van der Waals surface area contributed by atoms with Crippen LogP contribution in [0.3, 0.4) is 0 Å². The Morgan fingerprint density at radius 2 is 1.79 bits per heavy atom. The third-order valence-electron chi connectivity index (χ3n) is 3.16. The molecule has 0 aliphatic carbocycles. The van der Waals surface area contributed by atoms with Gasteiger partial charge in [-0.15, -0.1) is 0 Å². The first-order chi connectivity index (χ1) is 9.14. The van der Waals surface area contributed by atoms with Crippen LogP contribution in [-0.2, 0) is 11.2 Å². The Kier molecular flexibility index (Phi) is 6.19. The van der Waals surface area contributed by atoms with E-state index in [1.54, 1.807) is 14.2 Å². The fourth-order valence-corrected chi connectivity index (χ4v) is 1.95. The molecule has 1 N–H and O–H groups in total. The molecular formula is C15H23NO3. The average Bonchev–Trinajstić information content (AvgIpc) is 2.44. The van der Waals surface area contributed by atoms with Gasteiger partial charge >= 0.3 is 0 Å². The standard InChI is InChI=1S/C15H23NO3/c1-5-12(6-2)16-15(17)10-11-7-8-13(18-3)14(9-11)19-4/h7-9,12H,5-6,10H2,1-4H3,(H,16,17). The van der Waals surface area contributed by atoms with E-state index in [2.05, 4.69) is 19.2 Å². The Bertz CT molecular complexity index is 414. The van der Waals surface area contributed by atoms with Gasteiger partial charge in [0, 0.05) is 6.04 Å². The van der Waals surface area contributed by atoms with Gasteiger partial charge in [-0.25, -0.2) is 0 Å². The summed E-state index contributed by atoms with van der Waals surface area (Å²) >= 11 is 0. The number of carbonyl (C=O) groups is 1. The van der Waals surface area contributed by atoms with Crippen LogP contribution < -0.4 is 14.8 Å². The van der Waals surface area contributed by atoms with Crippen molar-refractivity contribution in [3.8, 4) is 11.5 Å².